The standard InChI is InChI=1S/2C24H22F2N2O4.2C4H10/c2*25-19-6-1-14(9-20(19)26)13-31-18-4-2-15(3-5-18)23-27-21-12-28(8-7-22(21)32-23)17-10-16(11-17)24(29)30;2*1-3-4-2/h2*1-6,9,16-17H,7-8,10-13H2,(H,29,30);2*3-4H2,1-2H3. The van der Waals surface area contributed by atoms with E-state index in [0.29, 0.717) is 85.3 Å². The Balaban J connectivity index is 0.000000184. The second-order valence-electron chi connectivity index (χ2n) is 18.7. The summed E-state index contributed by atoms with van der Waals surface area (Å²) < 4.78 is 75.9. The van der Waals surface area contributed by atoms with Crippen LogP contribution in [0.2, 0.25) is 0 Å². The Morgan fingerprint density at radius 3 is 1.24 bits per heavy atom. The van der Waals surface area contributed by atoms with E-state index >= 15 is 0 Å². The van der Waals surface area contributed by atoms with E-state index < -0.39 is 35.2 Å². The molecule has 10 rings (SSSR count). The van der Waals surface area contributed by atoms with Crippen molar-refractivity contribution in [3.8, 4) is 34.4 Å². The molecule has 6 aromatic rings. The highest BCUT2D eigenvalue weighted by molar-refractivity contribution is 5.71. The summed E-state index contributed by atoms with van der Waals surface area (Å²) >= 11 is 0. The van der Waals surface area contributed by atoms with Gasteiger partial charge >= 0.3 is 11.9 Å². The fraction of sp³-hybridized carbons (Fsp3) is 0.429. The number of oxazole rings is 2. The molecule has 2 fully saturated rings. The van der Waals surface area contributed by atoms with Crippen molar-refractivity contribution in [1.29, 1.82) is 0 Å². The molecular weight excluding hydrogens is 933 g/mol. The van der Waals surface area contributed by atoms with Gasteiger partial charge in [-0.1, -0.05) is 65.5 Å². The molecule has 4 heterocycles. The SMILES string of the molecule is CCCC.CCCC.O=C(O)C1CC(N2CCc3oc(-c4ccc(OCc5ccc(F)c(F)c5)cc4)nc3C2)C1.O=C(O)C1CC(N2CCc3oc(-c4ccc(OCc5ccc(F)c(F)c5)cc4)nc3C2)C1. The van der Waals surface area contributed by atoms with Gasteiger partial charge < -0.3 is 28.5 Å². The van der Waals surface area contributed by atoms with Gasteiger partial charge in [-0.15, -0.1) is 0 Å². The summed E-state index contributed by atoms with van der Waals surface area (Å²) in [6.45, 7) is 12.0. The number of ether oxygens (including phenoxy) is 2. The molecule has 384 valence electrons. The first-order valence-electron chi connectivity index (χ1n) is 25.0. The first-order valence-corrected chi connectivity index (χ1v) is 25.0. The smallest absolute Gasteiger partial charge is 0.306 e. The van der Waals surface area contributed by atoms with E-state index in [4.69, 9.17) is 28.5 Å². The van der Waals surface area contributed by atoms with E-state index in [1.165, 1.54) is 37.8 Å². The molecule has 0 atom stereocenters. The molecule has 72 heavy (non-hydrogen) atoms. The van der Waals surface area contributed by atoms with Crippen LogP contribution in [0.25, 0.3) is 22.9 Å². The fourth-order valence-corrected chi connectivity index (χ4v) is 8.46. The van der Waals surface area contributed by atoms with E-state index in [-0.39, 0.29) is 25.0 Å². The quantitative estimate of drug-likeness (QED) is 0.0999. The zero-order valence-electron chi connectivity index (χ0n) is 41.4. The van der Waals surface area contributed by atoms with Crippen molar-refractivity contribution in [3.05, 3.63) is 142 Å². The molecule has 0 amide bonds. The number of carbonyl (C=O) groups is 2. The molecule has 0 spiro atoms. The summed E-state index contributed by atoms with van der Waals surface area (Å²) in [6.07, 6.45) is 9.57. The van der Waals surface area contributed by atoms with Gasteiger partial charge in [-0.05, 0) is 110 Å². The number of benzene rings is 4. The van der Waals surface area contributed by atoms with Crippen molar-refractivity contribution in [1.82, 2.24) is 19.8 Å². The predicted molar refractivity (Wildman–Crippen MR) is 263 cm³/mol. The van der Waals surface area contributed by atoms with Crippen molar-refractivity contribution in [2.75, 3.05) is 13.1 Å². The molecule has 2 N–H and O–H groups in total. The van der Waals surface area contributed by atoms with Crippen molar-refractivity contribution in [3.63, 3.8) is 0 Å². The van der Waals surface area contributed by atoms with Crippen LogP contribution in [0, 0.1) is 35.1 Å². The van der Waals surface area contributed by atoms with Crippen molar-refractivity contribution < 1.29 is 55.7 Å². The topological polar surface area (TPSA) is 152 Å². The third-order valence-electron chi connectivity index (χ3n) is 13.5. The number of carboxylic acid groups (broad SMARTS) is 2. The lowest BCUT2D eigenvalue weighted by Crippen LogP contribution is -2.48. The molecule has 4 aliphatic rings. The number of fused-ring (bicyclic) bond motifs is 2. The Hall–Kier alpha value is -6.52. The lowest BCUT2D eigenvalue weighted by molar-refractivity contribution is -0.148. The monoisotopic (exact) mass is 996 g/mol. The Labute approximate surface area is 418 Å². The number of aromatic nitrogens is 2. The van der Waals surface area contributed by atoms with Gasteiger partial charge in [-0.2, -0.15) is 0 Å². The number of halogens is 4. The Bertz CT molecular complexity index is 2530. The van der Waals surface area contributed by atoms with E-state index in [2.05, 4.69) is 47.5 Å². The summed E-state index contributed by atoms with van der Waals surface area (Å²) in [5.41, 5.74) is 4.53. The Morgan fingerprint density at radius 1 is 0.556 bits per heavy atom. The van der Waals surface area contributed by atoms with Crippen molar-refractivity contribution in [2.24, 2.45) is 11.8 Å². The minimum atomic E-state index is -0.896. The van der Waals surface area contributed by atoms with Gasteiger partial charge in [-0.3, -0.25) is 19.4 Å². The van der Waals surface area contributed by atoms with Crippen molar-refractivity contribution in [2.45, 2.75) is 130 Å². The summed E-state index contributed by atoms with van der Waals surface area (Å²) in [6, 6.07) is 22.5. The zero-order valence-corrected chi connectivity index (χ0v) is 41.4. The largest absolute Gasteiger partial charge is 0.489 e. The van der Waals surface area contributed by atoms with Crippen LogP contribution < -0.4 is 9.47 Å². The molecule has 2 aliphatic carbocycles. The first-order chi connectivity index (χ1) is 34.7. The molecule has 0 bridgehead atoms. The molecule has 0 unspecified atom stereocenters. The van der Waals surface area contributed by atoms with Gasteiger partial charge in [0.2, 0.25) is 11.8 Å². The van der Waals surface area contributed by atoms with Crippen LogP contribution >= 0.6 is 0 Å². The van der Waals surface area contributed by atoms with E-state index in [9.17, 15) is 27.2 Å². The first kappa shape index (κ1) is 53.3. The van der Waals surface area contributed by atoms with Gasteiger partial charge in [0, 0.05) is 62.2 Å². The maximum atomic E-state index is 13.3. The molecule has 16 heteroatoms. The average molecular weight is 997 g/mol. The molecule has 0 saturated heterocycles. The maximum Gasteiger partial charge on any atom is 0.306 e. The molecule has 0 radical (unpaired) electrons. The van der Waals surface area contributed by atoms with Crippen LogP contribution in [0.5, 0.6) is 11.5 Å². The minimum Gasteiger partial charge on any atom is -0.489 e. The number of aliphatic carboxylic acids is 2. The van der Waals surface area contributed by atoms with E-state index in [1.807, 2.05) is 24.3 Å². The van der Waals surface area contributed by atoms with Crippen LogP contribution in [-0.2, 0) is 48.7 Å². The van der Waals surface area contributed by atoms with Crippen molar-refractivity contribution >= 4 is 11.9 Å². The molecular formula is C56H64F4N4O8. The van der Waals surface area contributed by atoms with Crippen LogP contribution in [0.3, 0.4) is 0 Å². The molecule has 2 saturated carbocycles. The normalized spacial score (nSPS) is 19.0. The van der Waals surface area contributed by atoms with Gasteiger partial charge in [0.25, 0.3) is 0 Å². The Kier molecular flexibility index (Phi) is 18.7. The highest BCUT2D eigenvalue weighted by atomic mass is 19.2. The second-order valence-corrected chi connectivity index (χ2v) is 18.7. The number of unbranched alkanes of at least 4 members (excludes halogenated alkanes) is 2. The molecule has 2 aromatic heterocycles. The summed E-state index contributed by atoms with van der Waals surface area (Å²) in [5, 5.41) is 18.2. The van der Waals surface area contributed by atoms with Crippen LogP contribution in [-0.4, -0.2) is 67.1 Å². The van der Waals surface area contributed by atoms with Crippen LogP contribution in [0.4, 0.5) is 17.6 Å². The fourth-order valence-electron chi connectivity index (χ4n) is 8.46. The van der Waals surface area contributed by atoms with Gasteiger partial charge in [0.15, 0.2) is 23.3 Å². The number of hydrogen-bond donors (Lipinski definition) is 2. The predicted octanol–water partition coefficient (Wildman–Crippen LogP) is 12.5. The number of hydrogen-bond acceptors (Lipinski definition) is 10. The number of rotatable bonds is 14. The van der Waals surface area contributed by atoms with E-state index in [0.717, 1.165) is 84.2 Å². The van der Waals surface area contributed by atoms with Crippen LogP contribution in [0.15, 0.2) is 93.8 Å². The minimum absolute atomic E-state index is 0.129. The third kappa shape index (κ3) is 13.9. The van der Waals surface area contributed by atoms with Crippen LogP contribution in [0.1, 0.15) is 113 Å². The Morgan fingerprint density at radius 2 is 0.917 bits per heavy atom. The van der Waals surface area contributed by atoms with E-state index in [1.54, 1.807) is 24.3 Å². The molecule has 12 nitrogen and oxygen atoms in total. The van der Waals surface area contributed by atoms with Gasteiger partial charge in [0.1, 0.15) is 36.2 Å². The summed E-state index contributed by atoms with van der Waals surface area (Å²) in [5.74, 6) is -1.39. The lowest BCUT2D eigenvalue weighted by Gasteiger charge is -2.42. The number of nitrogens with zero attached hydrogens (tertiary/aromatic N) is 4. The second kappa shape index (κ2) is 25.2. The molecule has 4 aromatic carbocycles. The third-order valence-corrected chi connectivity index (χ3v) is 13.5. The van der Waals surface area contributed by atoms with Gasteiger partial charge in [-0.25, -0.2) is 27.5 Å². The highest BCUT2D eigenvalue weighted by Gasteiger charge is 2.41. The highest BCUT2D eigenvalue weighted by Crippen LogP contribution is 2.37. The average Bonchev–Trinajstić information content (AvgIpc) is 3.99. The van der Waals surface area contributed by atoms with Gasteiger partial charge in [0.05, 0.1) is 23.2 Å². The number of carboxylic acids is 2. The summed E-state index contributed by atoms with van der Waals surface area (Å²) in [7, 11) is 0. The summed E-state index contributed by atoms with van der Waals surface area (Å²) in [4.78, 5) is 36.0. The molecule has 2 aliphatic heterocycles. The maximum absolute atomic E-state index is 13.3. The lowest BCUT2D eigenvalue weighted by atomic mass is 9.79. The zero-order chi connectivity index (χ0) is 51.3.